The molecule has 0 fully saturated rings. The summed E-state index contributed by atoms with van der Waals surface area (Å²) in [6, 6.07) is 17.1. The van der Waals surface area contributed by atoms with Gasteiger partial charge in [-0.1, -0.05) is 59.8 Å². The standard InChI is InChI=1S/C20H20ClNO2S/c1-3-14-22-18(15-8-6-5-7-9-15)19(20(23)24-4-2)25-17-12-10-16(21)11-13-17/h3,5-13,22H,1,4,14H2,2H3/b19-18+. The Morgan fingerprint density at radius 1 is 1.20 bits per heavy atom. The summed E-state index contributed by atoms with van der Waals surface area (Å²) in [6.07, 6.45) is 1.75. The zero-order valence-electron chi connectivity index (χ0n) is 14.0. The van der Waals surface area contributed by atoms with Gasteiger partial charge in [0, 0.05) is 16.5 Å². The van der Waals surface area contributed by atoms with Crippen molar-refractivity contribution in [2.45, 2.75) is 11.8 Å². The molecule has 0 aromatic heterocycles. The van der Waals surface area contributed by atoms with Crippen molar-refractivity contribution in [2.75, 3.05) is 13.2 Å². The van der Waals surface area contributed by atoms with Gasteiger partial charge in [0.2, 0.25) is 0 Å². The number of hydrogen-bond acceptors (Lipinski definition) is 4. The molecule has 0 aliphatic heterocycles. The Bertz CT molecular complexity index is 742. The number of thioether (sulfide) groups is 1. The van der Waals surface area contributed by atoms with Gasteiger partial charge in [-0.2, -0.15) is 0 Å². The molecule has 2 rings (SSSR count). The number of carbonyl (C=O) groups is 1. The van der Waals surface area contributed by atoms with Crippen molar-refractivity contribution in [1.82, 2.24) is 5.32 Å². The lowest BCUT2D eigenvalue weighted by Gasteiger charge is -2.16. The van der Waals surface area contributed by atoms with Crippen molar-refractivity contribution in [2.24, 2.45) is 0 Å². The van der Waals surface area contributed by atoms with Gasteiger partial charge in [-0.3, -0.25) is 0 Å². The molecule has 0 saturated carbocycles. The number of hydrogen-bond donors (Lipinski definition) is 1. The zero-order chi connectivity index (χ0) is 18.1. The minimum Gasteiger partial charge on any atom is -0.462 e. The van der Waals surface area contributed by atoms with Crippen molar-refractivity contribution < 1.29 is 9.53 Å². The van der Waals surface area contributed by atoms with Gasteiger partial charge in [0.15, 0.2) is 0 Å². The molecule has 0 saturated heterocycles. The number of benzene rings is 2. The van der Waals surface area contributed by atoms with Gasteiger partial charge in [-0.25, -0.2) is 4.79 Å². The largest absolute Gasteiger partial charge is 0.462 e. The Balaban J connectivity index is 2.49. The second kappa shape index (κ2) is 9.97. The van der Waals surface area contributed by atoms with E-state index in [1.54, 1.807) is 25.1 Å². The minimum absolute atomic E-state index is 0.313. The summed E-state index contributed by atoms with van der Waals surface area (Å²) < 4.78 is 5.27. The third-order valence-corrected chi connectivity index (χ3v) is 4.54. The van der Waals surface area contributed by atoms with E-state index in [1.165, 1.54) is 11.8 Å². The summed E-state index contributed by atoms with van der Waals surface area (Å²) in [5, 5.41) is 3.92. The molecule has 0 amide bonds. The molecule has 0 aliphatic rings. The number of ether oxygens (including phenoxy) is 1. The maximum absolute atomic E-state index is 12.6. The van der Waals surface area contributed by atoms with Crippen LogP contribution in [0.2, 0.25) is 5.02 Å². The molecule has 3 nitrogen and oxygen atoms in total. The van der Waals surface area contributed by atoms with Crippen molar-refractivity contribution in [1.29, 1.82) is 0 Å². The molecule has 0 atom stereocenters. The SMILES string of the molecule is C=CCN/C(=C(/Sc1ccc(Cl)cc1)C(=O)OCC)c1ccccc1. The summed E-state index contributed by atoms with van der Waals surface area (Å²) in [4.78, 5) is 14.0. The van der Waals surface area contributed by atoms with Crippen molar-refractivity contribution >= 4 is 35.0 Å². The van der Waals surface area contributed by atoms with Crippen LogP contribution in [-0.2, 0) is 9.53 Å². The molecular weight excluding hydrogens is 354 g/mol. The van der Waals surface area contributed by atoms with Crippen LogP contribution in [0.3, 0.4) is 0 Å². The smallest absolute Gasteiger partial charge is 0.347 e. The van der Waals surface area contributed by atoms with Crippen LogP contribution in [0.4, 0.5) is 0 Å². The second-order valence-electron chi connectivity index (χ2n) is 5.02. The van der Waals surface area contributed by atoms with E-state index in [0.29, 0.717) is 23.1 Å². The van der Waals surface area contributed by atoms with E-state index in [2.05, 4.69) is 11.9 Å². The predicted octanol–water partition coefficient (Wildman–Crippen LogP) is 5.14. The van der Waals surface area contributed by atoms with E-state index in [0.717, 1.165) is 16.2 Å². The Morgan fingerprint density at radius 3 is 2.48 bits per heavy atom. The van der Waals surface area contributed by atoms with Crippen molar-refractivity contribution in [3.8, 4) is 0 Å². The van der Waals surface area contributed by atoms with Gasteiger partial charge in [-0.15, -0.1) is 6.58 Å². The fourth-order valence-corrected chi connectivity index (χ4v) is 3.17. The number of nitrogens with one attached hydrogen (secondary N) is 1. The maximum Gasteiger partial charge on any atom is 0.347 e. The van der Waals surface area contributed by atoms with Crippen LogP contribution in [0.25, 0.3) is 5.70 Å². The highest BCUT2D eigenvalue weighted by atomic mass is 35.5. The lowest BCUT2D eigenvalue weighted by atomic mass is 10.1. The van der Waals surface area contributed by atoms with E-state index in [1.807, 2.05) is 42.5 Å². The van der Waals surface area contributed by atoms with Gasteiger partial charge in [0.05, 0.1) is 12.3 Å². The van der Waals surface area contributed by atoms with E-state index in [-0.39, 0.29) is 5.97 Å². The third-order valence-electron chi connectivity index (χ3n) is 3.21. The number of rotatable bonds is 8. The normalized spacial score (nSPS) is 11.4. The average molecular weight is 374 g/mol. The fourth-order valence-electron chi connectivity index (χ4n) is 2.10. The molecule has 0 aliphatic carbocycles. The van der Waals surface area contributed by atoms with Crippen LogP contribution in [0.1, 0.15) is 12.5 Å². The van der Waals surface area contributed by atoms with Gasteiger partial charge < -0.3 is 10.1 Å². The number of esters is 1. The fraction of sp³-hybridized carbons (Fsp3) is 0.150. The predicted molar refractivity (Wildman–Crippen MR) is 106 cm³/mol. The monoisotopic (exact) mass is 373 g/mol. The molecule has 130 valence electrons. The van der Waals surface area contributed by atoms with Crippen LogP contribution in [0.5, 0.6) is 0 Å². The molecule has 0 spiro atoms. The van der Waals surface area contributed by atoms with Crippen LogP contribution < -0.4 is 5.32 Å². The Hall–Kier alpha value is -2.17. The first-order chi connectivity index (χ1) is 12.2. The van der Waals surface area contributed by atoms with Gasteiger partial charge in [0.25, 0.3) is 0 Å². The summed E-state index contributed by atoms with van der Waals surface area (Å²) in [7, 11) is 0. The van der Waals surface area contributed by atoms with Crippen LogP contribution >= 0.6 is 23.4 Å². The molecular formula is C20H20ClNO2S. The number of carbonyl (C=O) groups excluding carboxylic acids is 1. The topological polar surface area (TPSA) is 38.3 Å². The lowest BCUT2D eigenvalue weighted by molar-refractivity contribution is -0.137. The molecule has 0 unspecified atom stereocenters. The number of halogens is 1. The molecule has 2 aromatic carbocycles. The highest BCUT2D eigenvalue weighted by Crippen LogP contribution is 2.33. The van der Waals surface area contributed by atoms with Crippen molar-refractivity contribution in [3.05, 3.63) is 82.7 Å². The third kappa shape index (κ3) is 5.69. The first-order valence-corrected chi connectivity index (χ1v) is 9.10. The Labute approximate surface area is 157 Å². The molecule has 2 aromatic rings. The first-order valence-electron chi connectivity index (χ1n) is 7.90. The maximum atomic E-state index is 12.6. The van der Waals surface area contributed by atoms with Crippen LogP contribution in [0.15, 0.2) is 77.1 Å². The quantitative estimate of drug-likeness (QED) is 0.301. The minimum atomic E-state index is -0.363. The van der Waals surface area contributed by atoms with Gasteiger partial charge in [-0.05, 0) is 36.8 Å². The highest BCUT2D eigenvalue weighted by molar-refractivity contribution is 8.04. The summed E-state index contributed by atoms with van der Waals surface area (Å²) >= 11 is 7.30. The van der Waals surface area contributed by atoms with Gasteiger partial charge >= 0.3 is 5.97 Å². The van der Waals surface area contributed by atoms with Gasteiger partial charge in [0.1, 0.15) is 4.91 Å². The van der Waals surface area contributed by atoms with Crippen LogP contribution in [-0.4, -0.2) is 19.1 Å². The molecule has 5 heteroatoms. The zero-order valence-corrected chi connectivity index (χ0v) is 15.6. The second-order valence-corrected chi connectivity index (χ2v) is 6.54. The molecule has 0 radical (unpaired) electrons. The van der Waals surface area contributed by atoms with E-state index >= 15 is 0 Å². The van der Waals surface area contributed by atoms with Crippen molar-refractivity contribution in [3.63, 3.8) is 0 Å². The first kappa shape index (κ1) is 19.2. The van der Waals surface area contributed by atoms with E-state index in [9.17, 15) is 4.79 Å². The molecule has 1 N–H and O–H groups in total. The Kier molecular flexibility index (Phi) is 7.64. The van der Waals surface area contributed by atoms with E-state index < -0.39 is 0 Å². The highest BCUT2D eigenvalue weighted by Gasteiger charge is 2.19. The summed E-state index contributed by atoms with van der Waals surface area (Å²) in [5.74, 6) is -0.363. The molecule has 25 heavy (non-hydrogen) atoms. The van der Waals surface area contributed by atoms with Crippen LogP contribution in [0, 0.1) is 0 Å². The van der Waals surface area contributed by atoms with E-state index in [4.69, 9.17) is 16.3 Å². The average Bonchev–Trinajstić information content (AvgIpc) is 2.63. The lowest BCUT2D eigenvalue weighted by Crippen LogP contribution is -2.18. The summed E-state index contributed by atoms with van der Waals surface area (Å²) in [5.41, 5.74) is 1.63. The summed E-state index contributed by atoms with van der Waals surface area (Å²) in [6.45, 7) is 6.38. The molecule has 0 bridgehead atoms. The Morgan fingerprint density at radius 2 is 1.88 bits per heavy atom. The molecule has 0 heterocycles.